The Kier molecular flexibility index (Phi) is 5.58. The number of Topliss-reactive ketones (excluding diaryl/α,β-unsaturated/α-hetero) is 1. The van der Waals surface area contributed by atoms with Crippen LogP contribution in [0.15, 0.2) is 54.7 Å². The molecule has 3 nitrogen and oxygen atoms in total. The molecule has 0 saturated carbocycles. The van der Waals surface area contributed by atoms with Crippen molar-refractivity contribution in [1.29, 1.82) is 0 Å². The lowest BCUT2D eigenvalue weighted by atomic mass is 10.1. The predicted molar refractivity (Wildman–Crippen MR) is 97.3 cm³/mol. The second-order valence-electron chi connectivity index (χ2n) is 5.86. The molecule has 0 bridgehead atoms. The van der Waals surface area contributed by atoms with Gasteiger partial charge in [-0.05, 0) is 29.8 Å². The Morgan fingerprint density at radius 2 is 1.67 bits per heavy atom. The Morgan fingerprint density at radius 3 is 2.33 bits per heavy atom. The Morgan fingerprint density at radius 1 is 1.00 bits per heavy atom. The fourth-order valence-electron chi connectivity index (χ4n) is 2.71. The van der Waals surface area contributed by atoms with Gasteiger partial charge in [0.15, 0.2) is 5.78 Å². The van der Waals surface area contributed by atoms with E-state index in [1.807, 2.05) is 0 Å². The van der Waals surface area contributed by atoms with Crippen LogP contribution in [-0.2, 0) is 19.1 Å². The number of nitrogens with zero attached hydrogens (tertiary/aromatic N) is 2. The summed E-state index contributed by atoms with van der Waals surface area (Å²) in [6.45, 7) is -0.0588. The molecule has 0 atom stereocenters. The molecule has 3 rings (SSSR count). The second-order valence-corrected chi connectivity index (χ2v) is 6.67. The Labute approximate surface area is 163 Å². The predicted octanol–water partition coefficient (Wildman–Crippen LogP) is 5.68. The minimum Gasteiger partial charge on any atom is -0.294 e. The Bertz CT molecular complexity index is 963. The van der Waals surface area contributed by atoms with Gasteiger partial charge in [-0.15, -0.1) is 0 Å². The van der Waals surface area contributed by atoms with Crippen LogP contribution in [0.1, 0.15) is 27.2 Å². The van der Waals surface area contributed by atoms with E-state index in [2.05, 4.69) is 5.10 Å². The number of hydrogen-bond acceptors (Lipinski definition) is 2. The third-order valence-electron chi connectivity index (χ3n) is 3.93. The number of halogens is 5. The van der Waals surface area contributed by atoms with Crippen LogP contribution < -0.4 is 0 Å². The monoisotopic (exact) mass is 412 g/mol. The molecule has 3 aromatic rings. The number of alkyl halides is 3. The zero-order valence-electron chi connectivity index (χ0n) is 13.8. The quantitative estimate of drug-likeness (QED) is 0.505. The number of carbonyl (C=O) groups is 1. The van der Waals surface area contributed by atoms with Crippen molar-refractivity contribution in [3.8, 4) is 0 Å². The van der Waals surface area contributed by atoms with Crippen LogP contribution in [0.4, 0.5) is 13.2 Å². The average Bonchev–Trinajstić information content (AvgIpc) is 3.01. The summed E-state index contributed by atoms with van der Waals surface area (Å²) in [6, 6.07) is 11.7. The van der Waals surface area contributed by atoms with Gasteiger partial charge in [0, 0.05) is 6.20 Å². The summed E-state index contributed by atoms with van der Waals surface area (Å²) >= 11 is 12.1. The van der Waals surface area contributed by atoms with Crippen molar-refractivity contribution in [2.45, 2.75) is 19.1 Å². The summed E-state index contributed by atoms with van der Waals surface area (Å²) in [7, 11) is 0. The van der Waals surface area contributed by atoms with Crippen molar-refractivity contribution in [3.63, 3.8) is 0 Å². The molecule has 1 heterocycles. The highest BCUT2D eigenvalue weighted by atomic mass is 35.5. The summed E-state index contributed by atoms with van der Waals surface area (Å²) in [6.07, 6.45) is -2.97. The normalized spacial score (nSPS) is 11.6. The highest BCUT2D eigenvalue weighted by Crippen LogP contribution is 2.32. The zero-order chi connectivity index (χ0) is 19.6. The summed E-state index contributed by atoms with van der Waals surface area (Å²) < 4.78 is 40.6. The smallest absolute Gasteiger partial charge is 0.294 e. The van der Waals surface area contributed by atoms with E-state index in [4.69, 9.17) is 23.2 Å². The molecule has 0 spiro atoms. The topological polar surface area (TPSA) is 34.9 Å². The first-order chi connectivity index (χ1) is 12.8. The third kappa shape index (κ3) is 4.51. The first-order valence-electron chi connectivity index (χ1n) is 7.90. The number of hydrogen-bond donors (Lipinski definition) is 0. The molecular formula is C19H13Cl2F3N2O. The van der Waals surface area contributed by atoms with Crippen LogP contribution in [0.2, 0.25) is 10.0 Å². The highest BCUT2D eigenvalue weighted by Gasteiger charge is 2.32. The molecule has 0 unspecified atom stereocenters. The molecule has 0 aliphatic rings. The number of aromatic nitrogens is 2. The molecule has 0 N–H and O–H groups in total. The number of rotatable bonds is 5. The molecule has 8 heteroatoms. The first-order valence-corrected chi connectivity index (χ1v) is 8.66. The maximum atomic E-state index is 13.1. The van der Waals surface area contributed by atoms with Crippen molar-refractivity contribution in [3.05, 3.63) is 87.2 Å². The van der Waals surface area contributed by atoms with Gasteiger partial charge in [0.2, 0.25) is 0 Å². The summed E-state index contributed by atoms with van der Waals surface area (Å²) in [5.74, 6) is -0.313. The van der Waals surface area contributed by atoms with Gasteiger partial charge in [0.1, 0.15) is 0 Å². The van der Waals surface area contributed by atoms with Gasteiger partial charge < -0.3 is 0 Å². The molecule has 0 radical (unpaired) electrons. The molecule has 27 heavy (non-hydrogen) atoms. The number of ketones is 1. The van der Waals surface area contributed by atoms with E-state index < -0.39 is 11.7 Å². The lowest BCUT2D eigenvalue weighted by Gasteiger charge is -2.12. The molecule has 0 aliphatic carbocycles. The van der Waals surface area contributed by atoms with Crippen LogP contribution in [0.25, 0.3) is 0 Å². The maximum Gasteiger partial charge on any atom is 0.416 e. The second kappa shape index (κ2) is 7.74. The van der Waals surface area contributed by atoms with Crippen LogP contribution in [0, 0.1) is 0 Å². The maximum absolute atomic E-state index is 13.1. The van der Waals surface area contributed by atoms with Crippen molar-refractivity contribution in [1.82, 2.24) is 9.78 Å². The van der Waals surface area contributed by atoms with Gasteiger partial charge in [-0.1, -0.05) is 47.5 Å². The fraction of sp³-hybridized carbons (Fsp3) is 0.158. The van der Waals surface area contributed by atoms with Gasteiger partial charge in [0.25, 0.3) is 0 Å². The van der Waals surface area contributed by atoms with E-state index >= 15 is 0 Å². The van der Waals surface area contributed by atoms with Crippen LogP contribution in [0.3, 0.4) is 0 Å². The van der Waals surface area contributed by atoms with Gasteiger partial charge in [-0.2, -0.15) is 18.3 Å². The molecule has 0 fully saturated rings. The number of carbonyl (C=O) groups excluding carboxylic acids is 1. The van der Waals surface area contributed by atoms with E-state index in [9.17, 15) is 18.0 Å². The van der Waals surface area contributed by atoms with Gasteiger partial charge in [-0.3, -0.25) is 9.48 Å². The van der Waals surface area contributed by atoms with Gasteiger partial charge in [0.05, 0.1) is 39.8 Å². The zero-order valence-corrected chi connectivity index (χ0v) is 15.3. The molecule has 0 saturated heterocycles. The average molecular weight is 413 g/mol. The summed E-state index contributed by atoms with van der Waals surface area (Å²) in [5, 5.41) is 4.68. The van der Waals surface area contributed by atoms with Crippen molar-refractivity contribution in [2.75, 3.05) is 0 Å². The lowest BCUT2D eigenvalue weighted by molar-refractivity contribution is -0.138. The molecule has 0 amide bonds. The Hall–Kier alpha value is -2.31. The Balaban J connectivity index is 1.78. The van der Waals surface area contributed by atoms with Gasteiger partial charge >= 0.3 is 6.18 Å². The number of benzene rings is 2. The van der Waals surface area contributed by atoms with E-state index in [0.29, 0.717) is 5.69 Å². The van der Waals surface area contributed by atoms with Crippen LogP contribution >= 0.6 is 23.2 Å². The van der Waals surface area contributed by atoms with E-state index in [1.165, 1.54) is 29.1 Å². The fourth-order valence-corrected chi connectivity index (χ4v) is 3.32. The van der Waals surface area contributed by atoms with Crippen molar-refractivity contribution in [2.24, 2.45) is 0 Å². The lowest BCUT2D eigenvalue weighted by Crippen LogP contribution is -2.12. The first kappa shape index (κ1) is 19.5. The van der Waals surface area contributed by atoms with E-state index in [1.54, 1.807) is 24.3 Å². The molecule has 2 aromatic carbocycles. The largest absolute Gasteiger partial charge is 0.416 e. The minimum absolute atomic E-state index is 0.0582. The molecular weight excluding hydrogens is 400 g/mol. The molecule has 140 valence electrons. The van der Waals surface area contributed by atoms with Crippen molar-refractivity contribution < 1.29 is 18.0 Å². The van der Waals surface area contributed by atoms with Crippen LogP contribution in [0.5, 0.6) is 0 Å². The van der Waals surface area contributed by atoms with E-state index in [0.717, 1.165) is 6.07 Å². The van der Waals surface area contributed by atoms with E-state index in [-0.39, 0.29) is 39.9 Å². The SMILES string of the molecule is O=C(Cc1ccn(Cc2ccccc2C(F)(F)F)n1)c1c(Cl)cccc1Cl. The molecule has 0 aliphatic heterocycles. The summed E-state index contributed by atoms with van der Waals surface area (Å²) in [4.78, 5) is 12.4. The van der Waals surface area contributed by atoms with Gasteiger partial charge in [-0.25, -0.2) is 0 Å². The minimum atomic E-state index is -4.44. The summed E-state index contributed by atoms with van der Waals surface area (Å²) in [5.41, 5.74) is 0.0133. The highest BCUT2D eigenvalue weighted by molar-refractivity contribution is 6.39. The van der Waals surface area contributed by atoms with Crippen LogP contribution in [-0.4, -0.2) is 15.6 Å². The molecule has 1 aromatic heterocycles. The standard InChI is InChI=1S/C19H13Cl2F3N2O/c20-15-6-3-7-16(21)18(15)17(27)10-13-8-9-26(25-13)11-12-4-1-2-5-14(12)19(22,23)24/h1-9H,10-11H2. The third-order valence-corrected chi connectivity index (χ3v) is 4.56. The van der Waals surface area contributed by atoms with Crippen molar-refractivity contribution >= 4 is 29.0 Å².